The normalized spacial score (nSPS) is 39.5. The fourth-order valence-corrected chi connectivity index (χ4v) is 9.69. The summed E-state index contributed by atoms with van der Waals surface area (Å²) in [4.78, 5) is 0. The Labute approximate surface area is 151 Å². The molecule has 0 aromatic rings. The van der Waals surface area contributed by atoms with Gasteiger partial charge in [0.1, 0.15) is 0 Å². The first-order valence-corrected chi connectivity index (χ1v) is 12.0. The lowest BCUT2D eigenvalue weighted by molar-refractivity contribution is 0.312. The third kappa shape index (κ3) is 3.42. The van der Waals surface area contributed by atoms with E-state index >= 15 is 0 Å². The third-order valence-electron chi connectivity index (χ3n) is 7.35. The monoisotopic (exact) mass is 338 g/mol. The second kappa shape index (κ2) is 7.20. The number of fused-ring (bicyclic) bond motifs is 1. The zero-order valence-electron chi connectivity index (χ0n) is 15.4. The third-order valence-corrected chi connectivity index (χ3v) is 10.3. The maximum atomic E-state index is 2.66. The van der Waals surface area contributed by atoms with Crippen LogP contribution in [0.25, 0.3) is 0 Å². The molecule has 2 fully saturated rings. The fourth-order valence-electron chi connectivity index (χ4n) is 6.17. The van der Waals surface area contributed by atoms with Gasteiger partial charge in [-0.3, -0.25) is 0 Å². The summed E-state index contributed by atoms with van der Waals surface area (Å²) in [5.74, 6) is 2.80. The molecular weight excluding hydrogens is 304 g/mol. The van der Waals surface area contributed by atoms with Crippen molar-refractivity contribution in [1.82, 2.24) is 0 Å². The van der Waals surface area contributed by atoms with E-state index in [0.29, 0.717) is 5.04 Å². The molecule has 4 aliphatic rings. The van der Waals surface area contributed by atoms with Crippen molar-refractivity contribution < 1.29 is 0 Å². The predicted octanol–water partition coefficient (Wildman–Crippen LogP) is 6.13. The average molecular weight is 339 g/mol. The average Bonchev–Trinajstić information content (AvgIpc) is 2.93. The predicted molar refractivity (Wildman–Crippen MR) is 108 cm³/mol. The van der Waals surface area contributed by atoms with Crippen LogP contribution in [0.1, 0.15) is 64.7 Å². The molecule has 4 atom stereocenters. The Bertz CT molecular complexity index is 561. The highest BCUT2D eigenvalue weighted by atomic mass is 28.2. The molecule has 0 saturated heterocycles. The van der Waals surface area contributed by atoms with Gasteiger partial charge in [0.05, 0.1) is 0 Å². The van der Waals surface area contributed by atoms with Gasteiger partial charge in [-0.05, 0) is 54.0 Å². The maximum absolute atomic E-state index is 2.66. The minimum atomic E-state index is -0.148. The Morgan fingerprint density at radius 2 is 1.96 bits per heavy atom. The summed E-state index contributed by atoms with van der Waals surface area (Å²) < 4.78 is 0. The van der Waals surface area contributed by atoms with Gasteiger partial charge in [-0.25, -0.2) is 0 Å². The second-order valence-corrected chi connectivity index (χ2v) is 11.9. The van der Waals surface area contributed by atoms with Gasteiger partial charge in [-0.2, -0.15) is 0 Å². The van der Waals surface area contributed by atoms with Gasteiger partial charge >= 0.3 is 0 Å². The number of hydrogen-bond acceptors (Lipinski definition) is 0. The van der Waals surface area contributed by atoms with Gasteiger partial charge in [0.2, 0.25) is 0 Å². The molecule has 1 heteroatoms. The first kappa shape index (κ1) is 16.6. The van der Waals surface area contributed by atoms with Crippen molar-refractivity contribution in [2.45, 2.75) is 75.3 Å². The van der Waals surface area contributed by atoms with Crippen LogP contribution in [-0.2, 0) is 0 Å². The highest BCUT2D eigenvalue weighted by molar-refractivity contribution is 6.44. The summed E-state index contributed by atoms with van der Waals surface area (Å²) in [6.07, 6.45) is 30.1. The fraction of sp³-hybridized carbons (Fsp3) is 0.652. The van der Waals surface area contributed by atoms with E-state index in [4.69, 9.17) is 0 Å². The molecule has 4 unspecified atom stereocenters. The first-order chi connectivity index (χ1) is 11.8. The quantitative estimate of drug-likeness (QED) is 0.541. The van der Waals surface area contributed by atoms with E-state index in [9.17, 15) is 0 Å². The molecule has 0 nitrogen and oxygen atoms in total. The van der Waals surface area contributed by atoms with Crippen molar-refractivity contribution in [1.29, 1.82) is 0 Å². The largest absolute Gasteiger partial charge is 0.0840 e. The molecule has 0 aromatic carbocycles. The van der Waals surface area contributed by atoms with Crippen LogP contribution < -0.4 is 0 Å². The number of allylic oxidation sites excluding steroid dienone is 8. The molecule has 0 spiro atoms. The smallest absolute Gasteiger partial charge is 0.0404 e. The van der Waals surface area contributed by atoms with E-state index in [-0.39, 0.29) is 9.52 Å². The van der Waals surface area contributed by atoms with Gasteiger partial charge < -0.3 is 0 Å². The molecular formula is C23H34Si. The van der Waals surface area contributed by atoms with Crippen molar-refractivity contribution in [3.8, 4) is 0 Å². The van der Waals surface area contributed by atoms with Crippen LogP contribution in [0.4, 0.5) is 0 Å². The molecule has 0 heterocycles. The van der Waals surface area contributed by atoms with Crippen molar-refractivity contribution in [2.75, 3.05) is 0 Å². The van der Waals surface area contributed by atoms with Crippen molar-refractivity contribution >= 4 is 9.52 Å². The molecule has 0 aromatic heterocycles. The van der Waals surface area contributed by atoms with Gasteiger partial charge in [0.15, 0.2) is 0 Å². The molecule has 0 bridgehead atoms. The number of rotatable bonds is 4. The lowest BCUT2D eigenvalue weighted by Crippen LogP contribution is -2.27. The van der Waals surface area contributed by atoms with Gasteiger partial charge in [-0.1, -0.05) is 87.1 Å². The first-order valence-electron chi connectivity index (χ1n) is 10.5. The standard InChI is InChI=1S/C23H34Si/c1-18-16-22(21-13-7-6-12-20(18)21)24-23(14-8-3-9-15-23)17-19-10-4-2-5-11-19/h3,6-9,13-14,18-20,22H,2,4-5,10-12,15-17,24H2,1H3. The highest BCUT2D eigenvalue weighted by Crippen LogP contribution is 2.54. The molecule has 0 radical (unpaired) electrons. The van der Waals surface area contributed by atoms with Gasteiger partial charge in [0, 0.05) is 9.52 Å². The summed E-state index contributed by atoms with van der Waals surface area (Å²) in [6.45, 7) is 2.51. The Hall–Kier alpha value is -0.823. The molecule has 4 rings (SSSR count). The van der Waals surface area contributed by atoms with Crippen LogP contribution in [0.3, 0.4) is 0 Å². The Kier molecular flexibility index (Phi) is 4.99. The summed E-state index contributed by atoms with van der Waals surface area (Å²) in [5, 5.41) is 0.581. The molecule has 0 amide bonds. The zero-order valence-corrected chi connectivity index (χ0v) is 16.8. The van der Waals surface area contributed by atoms with E-state index < -0.39 is 0 Å². The van der Waals surface area contributed by atoms with Crippen LogP contribution in [0.15, 0.2) is 48.1 Å². The lowest BCUT2D eigenvalue weighted by Gasteiger charge is -2.38. The van der Waals surface area contributed by atoms with Crippen molar-refractivity contribution in [3.05, 3.63) is 48.1 Å². The minimum Gasteiger partial charge on any atom is -0.0840 e. The lowest BCUT2D eigenvalue weighted by atomic mass is 9.80. The zero-order chi connectivity index (χ0) is 16.4. The Morgan fingerprint density at radius 1 is 1.08 bits per heavy atom. The van der Waals surface area contributed by atoms with Crippen LogP contribution in [0.5, 0.6) is 0 Å². The van der Waals surface area contributed by atoms with Crippen molar-refractivity contribution in [3.63, 3.8) is 0 Å². The summed E-state index contributed by atoms with van der Waals surface area (Å²) in [7, 11) is -0.148. The Balaban J connectivity index is 1.51. The summed E-state index contributed by atoms with van der Waals surface area (Å²) >= 11 is 0. The van der Waals surface area contributed by atoms with E-state index in [1.165, 1.54) is 57.8 Å². The molecule has 4 aliphatic carbocycles. The van der Waals surface area contributed by atoms with E-state index in [2.05, 4.69) is 49.5 Å². The molecule has 24 heavy (non-hydrogen) atoms. The molecule has 2 saturated carbocycles. The van der Waals surface area contributed by atoms with Gasteiger partial charge in [-0.15, -0.1) is 0 Å². The SMILES string of the molecule is CC1CC([SiH2]C2(CC3CCCCC3)C=CC=CC2)C2=CC=CCC21. The van der Waals surface area contributed by atoms with Crippen LogP contribution >= 0.6 is 0 Å². The maximum Gasteiger partial charge on any atom is 0.0404 e. The second-order valence-electron chi connectivity index (χ2n) is 9.11. The summed E-state index contributed by atoms with van der Waals surface area (Å²) in [6, 6.07) is 0. The molecule has 0 aliphatic heterocycles. The summed E-state index contributed by atoms with van der Waals surface area (Å²) in [5.41, 5.74) is 2.82. The van der Waals surface area contributed by atoms with Crippen LogP contribution in [-0.4, -0.2) is 9.52 Å². The topological polar surface area (TPSA) is 0 Å². The minimum absolute atomic E-state index is 0.148. The van der Waals surface area contributed by atoms with Crippen molar-refractivity contribution in [2.24, 2.45) is 17.8 Å². The van der Waals surface area contributed by atoms with E-state index in [1.807, 2.05) is 5.57 Å². The molecule has 0 N–H and O–H groups in total. The van der Waals surface area contributed by atoms with Gasteiger partial charge in [0.25, 0.3) is 0 Å². The number of hydrogen-bond donors (Lipinski definition) is 0. The van der Waals surface area contributed by atoms with Crippen LogP contribution in [0.2, 0.25) is 10.6 Å². The molecule has 130 valence electrons. The highest BCUT2D eigenvalue weighted by Gasteiger charge is 2.41. The van der Waals surface area contributed by atoms with Crippen LogP contribution in [0, 0.1) is 17.8 Å². The Morgan fingerprint density at radius 3 is 2.75 bits per heavy atom. The van der Waals surface area contributed by atoms with E-state index in [1.54, 1.807) is 0 Å². The van der Waals surface area contributed by atoms with E-state index in [0.717, 1.165) is 23.3 Å².